The van der Waals surface area contributed by atoms with E-state index in [9.17, 15) is 8.42 Å². The molecule has 0 saturated heterocycles. The average molecular weight is 318 g/mol. The summed E-state index contributed by atoms with van der Waals surface area (Å²) in [5.74, 6) is 0. The summed E-state index contributed by atoms with van der Waals surface area (Å²) >= 11 is 0. The van der Waals surface area contributed by atoms with E-state index in [1.165, 1.54) is 5.56 Å². The number of hydrogen-bond acceptors (Lipinski definition) is 3. The Kier molecular flexibility index (Phi) is 5.34. The van der Waals surface area contributed by atoms with E-state index in [-0.39, 0.29) is 10.9 Å². The molecule has 2 aromatic carbocycles. The zero-order valence-corrected chi connectivity index (χ0v) is 14.0. The molecular formula is C17H22N2O2S. The summed E-state index contributed by atoms with van der Waals surface area (Å²) in [7, 11) is 0.410. The van der Waals surface area contributed by atoms with Crippen molar-refractivity contribution in [2.24, 2.45) is 0 Å². The maximum Gasteiger partial charge on any atom is 0.240 e. The second kappa shape index (κ2) is 7.05. The minimum Gasteiger partial charge on any atom is -0.301 e. The molecule has 118 valence electrons. The summed E-state index contributed by atoms with van der Waals surface area (Å²) in [4.78, 5) is 2.30. The van der Waals surface area contributed by atoms with Crippen LogP contribution in [-0.4, -0.2) is 34.0 Å². The minimum atomic E-state index is -3.48. The third-order valence-electron chi connectivity index (χ3n) is 3.61. The van der Waals surface area contributed by atoms with E-state index in [0.717, 1.165) is 5.56 Å². The van der Waals surface area contributed by atoms with Gasteiger partial charge in [0.15, 0.2) is 0 Å². The van der Waals surface area contributed by atoms with Gasteiger partial charge in [0.2, 0.25) is 10.0 Å². The van der Waals surface area contributed by atoms with Crippen LogP contribution >= 0.6 is 0 Å². The van der Waals surface area contributed by atoms with Crippen LogP contribution in [0.15, 0.2) is 59.5 Å². The lowest BCUT2D eigenvalue weighted by molar-refractivity contribution is 0.299. The lowest BCUT2D eigenvalue weighted by atomic mass is 10.0. The van der Waals surface area contributed by atoms with Gasteiger partial charge in [-0.2, -0.15) is 0 Å². The normalized spacial score (nSPS) is 13.3. The molecule has 4 nitrogen and oxygen atoms in total. The van der Waals surface area contributed by atoms with Crippen molar-refractivity contribution in [3.05, 3.63) is 65.7 Å². The van der Waals surface area contributed by atoms with E-state index >= 15 is 0 Å². The summed E-state index contributed by atoms with van der Waals surface area (Å²) in [6.07, 6.45) is 0. The molecule has 0 aromatic heterocycles. The van der Waals surface area contributed by atoms with Crippen LogP contribution in [0.25, 0.3) is 0 Å². The highest BCUT2D eigenvalue weighted by molar-refractivity contribution is 7.89. The van der Waals surface area contributed by atoms with Gasteiger partial charge < -0.3 is 4.90 Å². The van der Waals surface area contributed by atoms with E-state index < -0.39 is 10.0 Å². The number of nitrogens with one attached hydrogen (secondary N) is 1. The minimum absolute atomic E-state index is 0.0147. The Morgan fingerprint density at radius 2 is 1.59 bits per heavy atom. The second-order valence-electron chi connectivity index (χ2n) is 5.56. The fraction of sp³-hybridized carbons (Fsp3) is 0.294. The van der Waals surface area contributed by atoms with Gasteiger partial charge in [0.1, 0.15) is 0 Å². The largest absolute Gasteiger partial charge is 0.301 e. The van der Waals surface area contributed by atoms with Crippen molar-refractivity contribution in [3.8, 4) is 0 Å². The fourth-order valence-corrected chi connectivity index (χ4v) is 3.32. The molecule has 0 radical (unpaired) electrons. The Labute approximate surface area is 132 Å². The van der Waals surface area contributed by atoms with Crippen LogP contribution < -0.4 is 4.72 Å². The van der Waals surface area contributed by atoms with Crippen molar-refractivity contribution >= 4 is 10.0 Å². The molecule has 1 atom stereocenters. The van der Waals surface area contributed by atoms with E-state index in [1.54, 1.807) is 30.3 Å². The van der Waals surface area contributed by atoms with E-state index in [0.29, 0.717) is 6.54 Å². The van der Waals surface area contributed by atoms with Gasteiger partial charge in [0, 0.05) is 12.6 Å². The molecular weight excluding hydrogens is 296 g/mol. The molecule has 5 heteroatoms. The fourth-order valence-electron chi connectivity index (χ4n) is 2.26. The molecule has 22 heavy (non-hydrogen) atoms. The molecule has 0 amide bonds. The number of rotatable bonds is 6. The Hall–Kier alpha value is -1.69. The average Bonchev–Trinajstić information content (AvgIpc) is 2.50. The quantitative estimate of drug-likeness (QED) is 0.890. The van der Waals surface area contributed by atoms with Gasteiger partial charge in [-0.05, 0) is 38.7 Å². The molecule has 0 fully saturated rings. The van der Waals surface area contributed by atoms with Crippen molar-refractivity contribution in [1.29, 1.82) is 0 Å². The van der Waals surface area contributed by atoms with E-state index in [2.05, 4.69) is 4.72 Å². The highest BCUT2D eigenvalue weighted by Gasteiger charge is 2.19. The molecule has 0 heterocycles. The van der Waals surface area contributed by atoms with E-state index in [4.69, 9.17) is 0 Å². The Bertz CT molecular complexity index is 695. The van der Waals surface area contributed by atoms with Gasteiger partial charge in [-0.25, -0.2) is 13.1 Å². The monoisotopic (exact) mass is 318 g/mol. The van der Waals surface area contributed by atoms with E-state index in [1.807, 2.05) is 50.2 Å². The maximum absolute atomic E-state index is 12.3. The molecule has 1 N–H and O–H groups in total. The van der Waals surface area contributed by atoms with Crippen molar-refractivity contribution in [2.45, 2.75) is 17.9 Å². The Balaban J connectivity index is 2.14. The van der Waals surface area contributed by atoms with Crippen molar-refractivity contribution in [2.75, 3.05) is 20.6 Å². The topological polar surface area (TPSA) is 49.4 Å². The smallest absolute Gasteiger partial charge is 0.240 e. The molecule has 0 aliphatic rings. The Morgan fingerprint density at radius 1 is 1.00 bits per heavy atom. The second-order valence-corrected chi connectivity index (χ2v) is 7.32. The van der Waals surface area contributed by atoms with Gasteiger partial charge in [0.25, 0.3) is 0 Å². The number of aryl methyl sites for hydroxylation is 1. The molecule has 2 rings (SSSR count). The summed E-state index contributed by atoms with van der Waals surface area (Å²) in [6, 6.07) is 16.6. The van der Waals surface area contributed by atoms with Crippen molar-refractivity contribution < 1.29 is 8.42 Å². The number of hydrogen-bond donors (Lipinski definition) is 1. The predicted molar refractivity (Wildman–Crippen MR) is 89.2 cm³/mol. The molecule has 0 aliphatic heterocycles. The molecule has 0 saturated carbocycles. The molecule has 0 bridgehead atoms. The third kappa shape index (κ3) is 4.16. The van der Waals surface area contributed by atoms with Crippen LogP contribution in [0, 0.1) is 6.92 Å². The van der Waals surface area contributed by atoms with Crippen molar-refractivity contribution in [3.63, 3.8) is 0 Å². The summed E-state index contributed by atoms with van der Waals surface area (Å²) < 4.78 is 27.3. The molecule has 1 unspecified atom stereocenters. The van der Waals surface area contributed by atoms with Crippen LogP contribution in [0.2, 0.25) is 0 Å². The van der Waals surface area contributed by atoms with Crippen LogP contribution in [-0.2, 0) is 10.0 Å². The van der Waals surface area contributed by atoms with Crippen LogP contribution in [0.1, 0.15) is 17.2 Å². The first kappa shape index (κ1) is 16.7. The first-order valence-electron chi connectivity index (χ1n) is 7.18. The maximum atomic E-state index is 12.3. The highest BCUT2D eigenvalue weighted by Crippen LogP contribution is 2.19. The van der Waals surface area contributed by atoms with Crippen molar-refractivity contribution in [1.82, 2.24) is 9.62 Å². The molecule has 0 spiro atoms. The van der Waals surface area contributed by atoms with Gasteiger partial charge in [-0.3, -0.25) is 0 Å². The lowest BCUT2D eigenvalue weighted by Crippen LogP contribution is -2.34. The number of nitrogens with zero attached hydrogens (tertiary/aromatic N) is 1. The zero-order valence-electron chi connectivity index (χ0n) is 13.2. The molecule has 2 aromatic rings. The summed E-state index contributed by atoms with van der Waals surface area (Å²) in [5.41, 5.74) is 2.28. The predicted octanol–water partition coefficient (Wildman–Crippen LogP) is 2.58. The Morgan fingerprint density at radius 3 is 2.14 bits per heavy atom. The van der Waals surface area contributed by atoms with Gasteiger partial charge in [-0.1, -0.05) is 48.0 Å². The number of likely N-dealkylation sites (N-methyl/N-ethyl adjacent to an activating group) is 1. The van der Waals surface area contributed by atoms with Crippen LogP contribution in [0.5, 0.6) is 0 Å². The summed E-state index contributed by atoms with van der Waals surface area (Å²) in [5, 5.41) is 0. The summed E-state index contributed by atoms with van der Waals surface area (Å²) in [6.45, 7) is 2.36. The number of benzene rings is 2. The first-order valence-corrected chi connectivity index (χ1v) is 8.66. The molecule has 0 aliphatic carbocycles. The zero-order chi connectivity index (χ0) is 16.2. The SMILES string of the molecule is Cc1ccc(C(CNS(=O)(=O)c2ccccc2)N(C)C)cc1. The third-order valence-corrected chi connectivity index (χ3v) is 5.05. The van der Waals surface area contributed by atoms with Gasteiger partial charge in [0.05, 0.1) is 4.90 Å². The van der Waals surface area contributed by atoms with Crippen LogP contribution in [0.3, 0.4) is 0 Å². The first-order chi connectivity index (χ1) is 10.4. The number of sulfonamides is 1. The lowest BCUT2D eigenvalue weighted by Gasteiger charge is -2.25. The van der Waals surface area contributed by atoms with Gasteiger partial charge >= 0.3 is 0 Å². The standard InChI is InChI=1S/C17H22N2O2S/c1-14-9-11-15(12-10-14)17(19(2)3)13-18-22(20,21)16-7-5-4-6-8-16/h4-12,17-18H,13H2,1-3H3. The van der Waals surface area contributed by atoms with Crippen LogP contribution in [0.4, 0.5) is 0 Å². The highest BCUT2D eigenvalue weighted by atomic mass is 32.2. The van der Waals surface area contributed by atoms with Gasteiger partial charge in [-0.15, -0.1) is 0 Å².